The molecule has 0 aromatic heterocycles. The number of rotatable bonds is 5. The van der Waals surface area contributed by atoms with Crippen LogP contribution >= 0.6 is 0 Å². The number of hydrogen-bond acceptors (Lipinski definition) is 2. The molecule has 1 N–H and O–H groups in total. The van der Waals surface area contributed by atoms with Crippen LogP contribution < -0.4 is 4.74 Å². The molecule has 0 saturated carbocycles. The third kappa shape index (κ3) is 3.32. The molecule has 100 valence electrons. The minimum absolute atomic E-state index is 0.0132. The summed E-state index contributed by atoms with van der Waals surface area (Å²) in [4.78, 5) is 0. The second kappa shape index (κ2) is 6.34. The molecule has 1 unspecified atom stereocenters. The molecular weight excluding hydrogens is 243 g/mol. The normalized spacial score (nSPS) is 12.2. The summed E-state index contributed by atoms with van der Waals surface area (Å²) in [6.45, 7) is -0.0132. The summed E-state index contributed by atoms with van der Waals surface area (Å²) < 4.78 is 18.7. The molecule has 2 rings (SSSR count). The predicted molar refractivity (Wildman–Crippen MR) is 72.9 cm³/mol. The van der Waals surface area contributed by atoms with Crippen molar-refractivity contribution in [1.82, 2.24) is 0 Å². The molecule has 0 aliphatic heterocycles. The van der Waals surface area contributed by atoms with Crippen molar-refractivity contribution in [2.45, 2.75) is 12.3 Å². The number of methoxy groups -OCH3 is 1. The maximum Gasteiger partial charge on any atom is 0.126 e. The molecule has 0 heterocycles. The highest BCUT2D eigenvalue weighted by atomic mass is 19.1. The number of aliphatic hydroxyl groups excluding tert-OH is 1. The Hall–Kier alpha value is -1.87. The van der Waals surface area contributed by atoms with Gasteiger partial charge in [-0.25, -0.2) is 4.39 Å². The van der Waals surface area contributed by atoms with Crippen molar-refractivity contribution < 1.29 is 14.2 Å². The summed E-state index contributed by atoms with van der Waals surface area (Å²) in [5, 5.41) is 9.50. The second-order valence-corrected chi connectivity index (χ2v) is 4.45. The minimum Gasteiger partial charge on any atom is -0.497 e. The summed E-state index contributed by atoms with van der Waals surface area (Å²) >= 11 is 0. The van der Waals surface area contributed by atoms with Crippen LogP contribution in [0.5, 0.6) is 5.75 Å². The van der Waals surface area contributed by atoms with Gasteiger partial charge in [0, 0.05) is 5.92 Å². The van der Waals surface area contributed by atoms with Crippen LogP contribution in [0.4, 0.5) is 4.39 Å². The van der Waals surface area contributed by atoms with Crippen LogP contribution in [0.25, 0.3) is 0 Å². The largest absolute Gasteiger partial charge is 0.497 e. The third-order valence-corrected chi connectivity index (χ3v) is 3.23. The lowest BCUT2D eigenvalue weighted by atomic mass is 9.92. The summed E-state index contributed by atoms with van der Waals surface area (Å²) in [5.41, 5.74) is 1.60. The first kappa shape index (κ1) is 13.6. The van der Waals surface area contributed by atoms with Gasteiger partial charge in [0.2, 0.25) is 0 Å². The molecular formula is C16H17FO2. The monoisotopic (exact) mass is 260 g/mol. The van der Waals surface area contributed by atoms with Crippen LogP contribution in [-0.2, 0) is 6.42 Å². The zero-order valence-electron chi connectivity index (χ0n) is 10.8. The fourth-order valence-corrected chi connectivity index (χ4v) is 2.09. The number of benzene rings is 2. The van der Waals surface area contributed by atoms with E-state index in [0.29, 0.717) is 12.0 Å². The van der Waals surface area contributed by atoms with E-state index in [4.69, 9.17) is 4.74 Å². The van der Waals surface area contributed by atoms with Crippen LogP contribution in [0.3, 0.4) is 0 Å². The Morgan fingerprint density at radius 1 is 1.11 bits per heavy atom. The Morgan fingerprint density at radius 3 is 2.37 bits per heavy atom. The van der Waals surface area contributed by atoms with Crippen molar-refractivity contribution >= 4 is 0 Å². The highest BCUT2D eigenvalue weighted by molar-refractivity contribution is 5.31. The molecule has 2 nitrogen and oxygen atoms in total. The molecule has 0 bridgehead atoms. The third-order valence-electron chi connectivity index (χ3n) is 3.23. The van der Waals surface area contributed by atoms with E-state index in [1.165, 1.54) is 6.07 Å². The highest BCUT2D eigenvalue weighted by Crippen LogP contribution is 2.24. The van der Waals surface area contributed by atoms with Gasteiger partial charge in [-0.15, -0.1) is 0 Å². The lowest BCUT2D eigenvalue weighted by molar-refractivity contribution is 0.263. The van der Waals surface area contributed by atoms with E-state index in [-0.39, 0.29) is 18.3 Å². The van der Waals surface area contributed by atoms with Gasteiger partial charge in [-0.2, -0.15) is 0 Å². The van der Waals surface area contributed by atoms with E-state index in [9.17, 15) is 9.50 Å². The first-order valence-electron chi connectivity index (χ1n) is 6.23. The topological polar surface area (TPSA) is 29.5 Å². The molecule has 2 aromatic rings. The molecule has 0 aliphatic rings. The molecule has 0 aliphatic carbocycles. The molecule has 0 amide bonds. The van der Waals surface area contributed by atoms with Gasteiger partial charge in [0.15, 0.2) is 0 Å². The predicted octanol–water partition coefficient (Wildman–Crippen LogP) is 3.15. The van der Waals surface area contributed by atoms with Crippen molar-refractivity contribution in [2.24, 2.45) is 0 Å². The number of hydrogen-bond donors (Lipinski definition) is 1. The van der Waals surface area contributed by atoms with Crippen molar-refractivity contribution in [3.05, 3.63) is 65.5 Å². The maximum absolute atomic E-state index is 13.6. The van der Waals surface area contributed by atoms with Crippen LogP contribution in [0.2, 0.25) is 0 Å². The number of ether oxygens (including phenoxy) is 1. The smallest absolute Gasteiger partial charge is 0.126 e. The molecule has 2 aromatic carbocycles. The van der Waals surface area contributed by atoms with Gasteiger partial charge >= 0.3 is 0 Å². The van der Waals surface area contributed by atoms with E-state index in [0.717, 1.165) is 11.3 Å². The van der Waals surface area contributed by atoms with Crippen LogP contribution in [-0.4, -0.2) is 18.8 Å². The minimum atomic E-state index is -0.227. The Balaban J connectivity index is 2.17. The average Bonchev–Trinajstić information content (AvgIpc) is 2.47. The van der Waals surface area contributed by atoms with Crippen LogP contribution in [0.15, 0.2) is 48.5 Å². The summed E-state index contributed by atoms with van der Waals surface area (Å²) in [6.07, 6.45) is 0.482. The first-order chi connectivity index (χ1) is 9.24. The quantitative estimate of drug-likeness (QED) is 0.894. The standard InChI is InChI=1S/C16H17FO2/c1-19-15-8-6-12(7-9-15)14(11-18)10-13-4-2-3-5-16(13)17/h2-9,14,18H,10-11H2,1H3. The lowest BCUT2D eigenvalue weighted by Crippen LogP contribution is -2.08. The van der Waals surface area contributed by atoms with Crippen LogP contribution in [0, 0.1) is 5.82 Å². The van der Waals surface area contributed by atoms with Gasteiger partial charge < -0.3 is 9.84 Å². The Bertz CT molecular complexity index is 523. The van der Waals surface area contributed by atoms with E-state index >= 15 is 0 Å². The zero-order chi connectivity index (χ0) is 13.7. The van der Waals surface area contributed by atoms with Gasteiger partial charge in [-0.3, -0.25) is 0 Å². The number of halogens is 1. The molecule has 0 saturated heterocycles. The number of aliphatic hydroxyl groups is 1. The summed E-state index contributed by atoms with van der Waals surface area (Å²) in [6, 6.07) is 14.2. The Labute approximate surface area is 112 Å². The summed E-state index contributed by atoms with van der Waals surface area (Å²) in [7, 11) is 1.61. The van der Waals surface area contributed by atoms with Gasteiger partial charge in [0.1, 0.15) is 11.6 Å². The van der Waals surface area contributed by atoms with Gasteiger partial charge in [0.25, 0.3) is 0 Å². The van der Waals surface area contributed by atoms with E-state index in [1.54, 1.807) is 25.3 Å². The molecule has 3 heteroatoms. The fourth-order valence-electron chi connectivity index (χ4n) is 2.09. The molecule has 0 fully saturated rings. The lowest BCUT2D eigenvalue weighted by Gasteiger charge is -2.15. The Kier molecular flexibility index (Phi) is 4.53. The van der Waals surface area contributed by atoms with Crippen molar-refractivity contribution in [1.29, 1.82) is 0 Å². The van der Waals surface area contributed by atoms with E-state index < -0.39 is 0 Å². The molecule has 1 atom stereocenters. The summed E-state index contributed by atoms with van der Waals surface area (Å²) in [5.74, 6) is 0.434. The second-order valence-electron chi connectivity index (χ2n) is 4.45. The van der Waals surface area contributed by atoms with Gasteiger partial charge in [-0.1, -0.05) is 30.3 Å². The fraction of sp³-hybridized carbons (Fsp3) is 0.250. The maximum atomic E-state index is 13.6. The van der Waals surface area contributed by atoms with Crippen molar-refractivity contribution in [3.8, 4) is 5.75 Å². The van der Waals surface area contributed by atoms with Crippen LogP contribution in [0.1, 0.15) is 17.0 Å². The van der Waals surface area contributed by atoms with Gasteiger partial charge in [0.05, 0.1) is 13.7 Å². The molecule has 0 radical (unpaired) electrons. The van der Waals surface area contributed by atoms with Gasteiger partial charge in [-0.05, 0) is 35.7 Å². The molecule has 0 spiro atoms. The van der Waals surface area contributed by atoms with Crippen molar-refractivity contribution in [2.75, 3.05) is 13.7 Å². The first-order valence-corrected chi connectivity index (χ1v) is 6.23. The SMILES string of the molecule is COc1ccc(C(CO)Cc2ccccc2F)cc1. The van der Waals surface area contributed by atoms with Crippen molar-refractivity contribution in [3.63, 3.8) is 0 Å². The average molecular weight is 260 g/mol. The van der Waals surface area contributed by atoms with E-state index in [2.05, 4.69) is 0 Å². The van der Waals surface area contributed by atoms with E-state index in [1.807, 2.05) is 24.3 Å². The zero-order valence-corrected chi connectivity index (χ0v) is 10.8. The Morgan fingerprint density at radius 2 is 1.79 bits per heavy atom. The molecule has 19 heavy (non-hydrogen) atoms. The highest BCUT2D eigenvalue weighted by Gasteiger charge is 2.13.